The standard InChI is InChI=1S/C32H55N3O5/c1-10-12-13-14-15-16-21-35(30(38)26(22(3)4)34-31(39)40-32(7,8)9)27(29(37)33-24(6)18-11-2)25-20-17-19-23(5)28(25)36/h17,19-20,22,24,26-27,36H,10-16,18,21H2,1-9H3,(H,33,37)(H,34,39). The average Bonchev–Trinajstić information content (AvgIpc) is 2.84. The maximum absolute atomic E-state index is 14.3. The number of benzene rings is 1. The topological polar surface area (TPSA) is 108 Å². The number of nitrogens with one attached hydrogen (secondary N) is 2. The molecule has 0 heterocycles. The van der Waals surface area contributed by atoms with Gasteiger partial charge in [0.1, 0.15) is 23.4 Å². The van der Waals surface area contributed by atoms with E-state index in [4.69, 9.17) is 4.74 Å². The van der Waals surface area contributed by atoms with Gasteiger partial charge in [0.25, 0.3) is 0 Å². The summed E-state index contributed by atoms with van der Waals surface area (Å²) >= 11 is 0. The van der Waals surface area contributed by atoms with Crippen molar-refractivity contribution in [2.75, 3.05) is 6.54 Å². The van der Waals surface area contributed by atoms with Gasteiger partial charge in [0.15, 0.2) is 0 Å². The van der Waals surface area contributed by atoms with Crippen LogP contribution in [0.1, 0.15) is 124 Å². The Kier molecular flexibility index (Phi) is 15.1. The van der Waals surface area contributed by atoms with E-state index in [1.807, 2.05) is 20.8 Å². The zero-order chi connectivity index (χ0) is 30.5. The summed E-state index contributed by atoms with van der Waals surface area (Å²) in [7, 11) is 0. The minimum absolute atomic E-state index is 0.00672. The van der Waals surface area contributed by atoms with Gasteiger partial charge in [-0.05, 0) is 58.9 Å². The zero-order valence-electron chi connectivity index (χ0n) is 26.4. The van der Waals surface area contributed by atoms with Gasteiger partial charge in [0, 0.05) is 18.2 Å². The number of phenols is 1. The van der Waals surface area contributed by atoms with Crippen LogP contribution in [0, 0.1) is 12.8 Å². The van der Waals surface area contributed by atoms with Gasteiger partial charge in [0.2, 0.25) is 11.8 Å². The number of ether oxygens (including phenoxy) is 1. The lowest BCUT2D eigenvalue weighted by Crippen LogP contribution is -2.55. The van der Waals surface area contributed by atoms with E-state index in [0.29, 0.717) is 24.1 Å². The minimum atomic E-state index is -1.05. The Morgan fingerprint density at radius 2 is 1.57 bits per heavy atom. The van der Waals surface area contributed by atoms with Crippen LogP contribution in [0.3, 0.4) is 0 Å². The molecule has 3 N–H and O–H groups in total. The van der Waals surface area contributed by atoms with Crippen LogP contribution < -0.4 is 10.6 Å². The molecule has 0 aliphatic carbocycles. The van der Waals surface area contributed by atoms with Gasteiger partial charge in [-0.25, -0.2) is 4.79 Å². The van der Waals surface area contributed by atoms with Crippen molar-refractivity contribution in [3.8, 4) is 5.75 Å². The van der Waals surface area contributed by atoms with E-state index in [2.05, 4.69) is 24.5 Å². The van der Waals surface area contributed by atoms with Crippen LogP contribution in [0.5, 0.6) is 5.75 Å². The summed E-state index contributed by atoms with van der Waals surface area (Å²) in [5.41, 5.74) is 0.273. The smallest absolute Gasteiger partial charge is 0.408 e. The molecule has 0 fully saturated rings. The summed E-state index contributed by atoms with van der Waals surface area (Å²) in [5, 5.41) is 16.9. The Morgan fingerprint density at radius 3 is 2.15 bits per heavy atom. The molecular formula is C32H55N3O5. The number of unbranched alkanes of at least 4 members (excludes halogenated alkanes) is 5. The fourth-order valence-electron chi connectivity index (χ4n) is 4.74. The van der Waals surface area contributed by atoms with E-state index in [-0.39, 0.29) is 29.5 Å². The largest absolute Gasteiger partial charge is 0.507 e. The Hall–Kier alpha value is -2.77. The summed E-state index contributed by atoms with van der Waals surface area (Å²) in [4.78, 5) is 42.4. The second kappa shape index (κ2) is 17.1. The molecule has 0 spiro atoms. The highest BCUT2D eigenvalue weighted by molar-refractivity contribution is 5.92. The first-order valence-electron chi connectivity index (χ1n) is 15.1. The van der Waals surface area contributed by atoms with Gasteiger partial charge >= 0.3 is 6.09 Å². The molecule has 8 heteroatoms. The second-order valence-electron chi connectivity index (χ2n) is 12.3. The van der Waals surface area contributed by atoms with Crippen molar-refractivity contribution in [3.05, 3.63) is 29.3 Å². The Morgan fingerprint density at radius 1 is 0.950 bits per heavy atom. The first-order valence-corrected chi connectivity index (χ1v) is 15.1. The number of phenolic OH excluding ortho intramolecular Hbond substituents is 1. The van der Waals surface area contributed by atoms with Crippen molar-refractivity contribution in [2.45, 2.75) is 137 Å². The predicted molar refractivity (Wildman–Crippen MR) is 161 cm³/mol. The fraction of sp³-hybridized carbons (Fsp3) is 0.719. The van der Waals surface area contributed by atoms with Crippen LogP contribution in [-0.4, -0.2) is 52.1 Å². The highest BCUT2D eigenvalue weighted by Crippen LogP contribution is 2.33. The molecule has 0 saturated carbocycles. The van der Waals surface area contributed by atoms with E-state index in [0.717, 1.165) is 44.9 Å². The van der Waals surface area contributed by atoms with Crippen molar-refractivity contribution in [2.24, 2.45) is 5.92 Å². The maximum Gasteiger partial charge on any atom is 0.408 e. The van der Waals surface area contributed by atoms with Crippen molar-refractivity contribution < 1.29 is 24.2 Å². The van der Waals surface area contributed by atoms with E-state index in [9.17, 15) is 19.5 Å². The van der Waals surface area contributed by atoms with Crippen molar-refractivity contribution in [1.82, 2.24) is 15.5 Å². The highest BCUT2D eigenvalue weighted by atomic mass is 16.6. The van der Waals surface area contributed by atoms with Crippen LogP contribution in [0.2, 0.25) is 0 Å². The SMILES string of the molecule is CCCCCCCCN(C(=O)C(NC(=O)OC(C)(C)C)C(C)C)C(C(=O)NC(C)CCC)c1cccc(C)c1O. The van der Waals surface area contributed by atoms with Crippen molar-refractivity contribution in [3.63, 3.8) is 0 Å². The number of amides is 3. The van der Waals surface area contributed by atoms with Crippen LogP contribution in [0.15, 0.2) is 18.2 Å². The highest BCUT2D eigenvalue weighted by Gasteiger charge is 2.38. The minimum Gasteiger partial charge on any atom is -0.507 e. The Labute approximate surface area is 242 Å². The molecule has 0 aliphatic heterocycles. The van der Waals surface area contributed by atoms with Crippen molar-refractivity contribution in [1.29, 1.82) is 0 Å². The Bertz CT molecular complexity index is 941. The summed E-state index contributed by atoms with van der Waals surface area (Å²) in [6, 6.07) is 3.19. The molecule has 3 amide bonds. The number of aromatic hydroxyl groups is 1. The number of nitrogens with zero attached hydrogens (tertiary/aromatic N) is 1. The van der Waals surface area contributed by atoms with Crippen LogP contribution >= 0.6 is 0 Å². The van der Waals surface area contributed by atoms with E-state index >= 15 is 0 Å². The van der Waals surface area contributed by atoms with Gasteiger partial charge in [0.05, 0.1) is 0 Å². The second-order valence-corrected chi connectivity index (χ2v) is 12.3. The summed E-state index contributed by atoms with van der Waals surface area (Å²) in [6.07, 6.45) is 7.09. The number of hydrogen-bond acceptors (Lipinski definition) is 5. The average molecular weight is 562 g/mol. The molecule has 0 aromatic heterocycles. The Balaban J connectivity index is 3.52. The predicted octanol–water partition coefficient (Wildman–Crippen LogP) is 6.78. The zero-order valence-corrected chi connectivity index (χ0v) is 26.4. The molecule has 1 aromatic rings. The van der Waals surface area contributed by atoms with Gasteiger partial charge < -0.3 is 25.4 Å². The normalized spacial score (nSPS) is 13.8. The molecule has 0 bridgehead atoms. The van der Waals surface area contributed by atoms with Gasteiger partial charge in [-0.15, -0.1) is 0 Å². The van der Waals surface area contributed by atoms with Crippen LogP contribution in [0.25, 0.3) is 0 Å². The third kappa shape index (κ3) is 11.8. The lowest BCUT2D eigenvalue weighted by atomic mass is 9.96. The molecule has 8 nitrogen and oxygen atoms in total. The molecule has 3 atom stereocenters. The first-order chi connectivity index (χ1) is 18.7. The van der Waals surface area contributed by atoms with Crippen LogP contribution in [0.4, 0.5) is 4.79 Å². The van der Waals surface area contributed by atoms with Gasteiger partial charge in [-0.2, -0.15) is 0 Å². The maximum atomic E-state index is 14.3. The molecular weight excluding hydrogens is 506 g/mol. The lowest BCUT2D eigenvalue weighted by Gasteiger charge is -2.36. The van der Waals surface area contributed by atoms with Gasteiger partial charge in [-0.3, -0.25) is 9.59 Å². The lowest BCUT2D eigenvalue weighted by molar-refractivity contribution is -0.143. The van der Waals surface area contributed by atoms with Crippen molar-refractivity contribution >= 4 is 17.9 Å². The van der Waals surface area contributed by atoms with E-state index < -0.39 is 23.8 Å². The number of para-hydroxylation sites is 1. The number of hydrogen-bond donors (Lipinski definition) is 3. The molecule has 228 valence electrons. The summed E-state index contributed by atoms with van der Waals surface area (Å²) < 4.78 is 5.45. The number of rotatable bonds is 16. The quantitative estimate of drug-likeness (QED) is 0.193. The van der Waals surface area contributed by atoms with Crippen LogP contribution in [-0.2, 0) is 14.3 Å². The molecule has 0 aliphatic rings. The molecule has 1 aromatic carbocycles. The third-order valence-electron chi connectivity index (χ3n) is 6.87. The van der Waals surface area contributed by atoms with E-state index in [1.165, 1.54) is 0 Å². The summed E-state index contributed by atoms with van der Waals surface area (Å²) in [6.45, 7) is 17.3. The monoisotopic (exact) mass is 561 g/mol. The number of aryl methyl sites for hydroxylation is 1. The van der Waals surface area contributed by atoms with Gasteiger partial charge in [-0.1, -0.05) is 84.4 Å². The molecule has 3 unspecified atom stereocenters. The molecule has 40 heavy (non-hydrogen) atoms. The van der Waals surface area contributed by atoms with E-state index in [1.54, 1.807) is 50.8 Å². The molecule has 0 saturated heterocycles. The summed E-state index contributed by atoms with van der Waals surface area (Å²) in [5.74, 6) is -0.992. The number of alkyl carbamates (subject to hydrolysis) is 1. The molecule has 0 radical (unpaired) electrons. The third-order valence-corrected chi connectivity index (χ3v) is 6.87. The number of carbonyl (C=O) groups excluding carboxylic acids is 3. The molecule has 1 rings (SSSR count). The number of carbonyl (C=O) groups is 3. The first kappa shape index (κ1) is 35.3. The fourth-order valence-corrected chi connectivity index (χ4v) is 4.74.